The number of nitrogens with one attached hydrogen (secondary N) is 2. The molecule has 176 valence electrons. The third-order valence-electron chi connectivity index (χ3n) is 4.97. The summed E-state index contributed by atoms with van der Waals surface area (Å²) in [5, 5.41) is 5.64. The van der Waals surface area contributed by atoms with Crippen molar-refractivity contribution in [3.05, 3.63) is 112 Å². The van der Waals surface area contributed by atoms with Gasteiger partial charge in [0.2, 0.25) is 0 Å². The first-order chi connectivity index (χ1) is 16.7. The molecule has 0 saturated heterocycles. The van der Waals surface area contributed by atoms with Gasteiger partial charge >= 0.3 is 17.8 Å². The maximum absolute atomic E-state index is 12.6. The van der Waals surface area contributed by atoms with Gasteiger partial charge in [-0.1, -0.05) is 36.4 Å². The maximum atomic E-state index is 12.6. The second-order valence-electron chi connectivity index (χ2n) is 7.46. The number of hydrogen-bond donors (Lipinski definition) is 2. The number of rotatable bonds is 5. The van der Waals surface area contributed by atoms with Gasteiger partial charge in [0.25, 0.3) is 0 Å². The molecule has 4 aromatic rings. The average Bonchev–Trinajstić information content (AvgIpc) is 2.82. The minimum atomic E-state index is -4.45. The largest absolute Gasteiger partial charge is 0.422 e. The molecule has 3 aromatic carbocycles. The number of para-hydroxylation sites is 1. The Morgan fingerprint density at radius 2 is 1.43 bits per heavy atom. The molecule has 6 nitrogen and oxygen atoms in total. The van der Waals surface area contributed by atoms with Crippen molar-refractivity contribution >= 4 is 40.2 Å². The molecule has 0 aliphatic rings. The Balaban J connectivity index is 1.37. The summed E-state index contributed by atoms with van der Waals surface area (Å²) in [7, 11) is 0. The van der Waals surface area contributed by atoms with E-state index in [-0.39, 0.29) is 11.3 Å². The van der Waals surface area contributed by atoms with Gasteiger partial charge in [0, 0.05) is 16.8 Å². The molecular weight excluding hydrogens is 461 g/mol. The van der Waals surface area contributed by atoms with Crippen LogP contribution < -0.4 is 16.3 Å². The first-order valence-electron chi connectivity index (χ1n) is 10.3. The van der Waals surface area contributed by atoms with Crippen molar-refractivity contribution in [2.24, 2.45) is 0 Å². The summed E-state index contributed by atoms with van der Waals surface area (Å²) in [4.78, 5) is 36.7. The van der Waals surface area contributed by atoms with Crippen molar-refractivity contribution in [1.29, 1.82) is 0 Å². The van der Waals surface area contributed by atoms with Gasteiger partial charge in [-0.2, -0.15) is 13.2 Å². The molecule has 0 spiro atoms. The highest BCUT2D eigenvalue weighted by atomic mass is 19.4. The summed E-state index contributed by atoms with van der Waals surface area (Å²) >= 11 is 0. The van der Waals surface area contributed by atoms with Gasteiger partial charge in [0.15, 0.2) is 5.78 Å². The number of ketones is 1. The normalized spacial score (nSPS) is 11.5. The Bertz CT molecular complexity index is 1470. The summed E-state index contributed by atoms with van der Waals surface area (Å²) in [6, 6.07) is 18.2. The predicted octanol–water partition coefficient (Wildman–Crippen LogP) is 6.35. The van der Waals surface area contributed by atoms with E-state index in [1.165, 1.54) is 18.2 Å². The van der Waals surface area contributed by atoms with Gasteiger partial charge in [0.1, 0.15) is 11.1 Å². The fourth-order valence-electron chi connectivity index (χ4n) is 3.21. The van der Waals surface area contributed by atoms with Crippen LogP contribution in [0.5, 0.6) is 0 Å². The zero-order valence-electron chi connectivity index (χ0n) is 17.9. The van der Waals surface area contributed by atoms with Crippen molar-refractivity contribution in [1.82, 2.24) is 0 Å². The highest BCUT2D eigenvalue weighted by Gasteiger charge is 2.30. The van der Waals surface area contributed by atoms with Crippen LogP contribution in [-0.4, -0.2) is 11.8 Å². The van der Waals surface area contributed by atoms with Gasteiger partial charge in [-0.05, 0) is 60.2 Å². The molecule has 2 N–H and O–H groups in total. The first-order valence-corrected chi connectivity index (χ1v) is 10.3. The summed E-state index contributed by atoms with van der Waals surface area (Å²) in [6.45, 7) is 0. The van der Waals surface area contributed by atoms with Crippen molar-refractivity contribution < 1.29 is 27.2 Å². The molecule has 4 rings (SSSR count). The van der Waals surface area contributed by atoms with Crippen LogP contribution in [0, 0.1) is 0 Å². The van der Waals surface area contributed by atoms with Crippen LogP contribution in [0.15, 0.2) is 94.2 Å². The van der Waals surface area contributed by atoms with Crippen molar-refractivity contribution in [3.8, 4) is 0 Å². The van der Waals surface area contributed by atoms with Crippen LogP contribution in [-0.2, 0) is 6.18 Å². The Labute approximate surface area is 196 Å². The van der Waals surface area contributed by atoms with Gasteiger partial charge in [-0.3, -0.25) is 4.79 Å². The van der Waals surface area contributed by atoms with Gasteiger partial charge in [-0.25, -0.2) is 9.59 Å². The van der Waals surface area contributed by atoms with Crippen LogP contribution in [0.4, 0.5) is 29.3 Å². The smallest absolute Gasteiger partial charge is 0.416 e. The second-order valence-corrected chi connectivity index (χ2v) is 7.46. The molecule has 9 heteroatoms. The third kappa shape index (κ3) is 5.83. The summed E-state index contributed by atoms with van der Waals surface area (Å²) < 4.78 is 43.0. The Morgan fingerprint density at radius 3 is 2.06 bits per heavy atom. The van der Waals surface area contributed by atoms with Crippen molar-refractivity contribution in [3.63, 3.8) is 0 Å². The number of urea groups is 1. The van der Waals surface area contributed by atoms with Gasteiger partial charge < -0.3 is 15.1 Å². The Kier molecular flexibility index (Phi) is 6.50. The number of carbonyl (C=O) groups excluding carboxylic acids is 2. The van der Waals surface area contributed by atoms with Gasteiger partial charge in [-0.15, -0.1) is 0 Å². The van der Waals surface area contributed by atoms with Crippen LogP contribution in [0.25, 0.3) is 17.0 Å². The number of halogens is 3. The molecule has 0 fully saturated rings. The lowest BCUT2D eigenvalue weighted by Crippen LogP contribution is -2.19. The van der Waals surface area contributed by atoms with Crippen molar-refractivity contribution in [2.75, 3.05) is 10.6 Å². The van der Waals surface area contributed by atoms with E-state index < -0.39 is 29.2 Å². The van der Waals surface area contributed by atoms with E-state index in [0.717, 1.165) is 24.3 Å². The molecule has 0 aliphatic heterocycles. The number of benzene rings is 3. The Morgan fingerprint density at radius 1 is 0.829 bits per heavy atom. The lowest BCUT2D eigenvalue weighted by molar-refractivity contribution is -0.137. The SMILES string of the molecule is O=C(Nc1ccc(/C=C/C(=O)c2cc3ccccc3oc2=O)cc1)Nc1ccc(C(F)(F)F)cc1. The molecule has 1 aromatic heterocycles. The summed E-state index contributed by atoms with van der Waals surface area (Å²) in [5.41, 5.74) is 0.0303. The summed E-state index contributed by atoms with van der Waals surface area (Å²) in [6.07, 6.45) is -1.69. The molecule has 0 atom stereocenters. The molecule has 0 aliphatic carbocycles. The number of allylic oxidation sites excluding steroid dienone is 1. The van der Waals surface area contributed by atoms with Crippen molar-refractivity contribution in [2.45, 2.75) is 6.18 Å². The zero-order valence-corrected chi connectivity index (χ0v) is 17.9. The van der Waals surface area contributed by atoms with E-state index in [1.54, 1.807) is 48.5 Å². The minimum Gasteiger partial charge on any atom is -0.422 e. The van der Waals surface area contributed by atoms with Crippen LogP contribution in [0.3, 0.4) is 0 Å². The lowest BCUT2D eigenvalue weighted by atomic mass is 10.1. The number of alkyl halides is 3. The van der Waals surface area contributed by atoms with Crippen LogP contribution >= 0.6 is 0 Å². The number of hydrogen-bond acceptors (Lipinski definition) is 4. The molecule has 0 radical (unpaired) electrons. The third-order valence-corrected chi connectivity index (χ3v) is 4.97. The van der Waals surface area contributed by atoms with Gasteiger partial charge in [0.05, 0.1) is 5.56 Å². The highest BCUT2D eigenvalue weighted by Crippen LogP contribution is 2.29. The fourth-order valence-corrected chi connectivity index (χ4v) is 3.21. The molecule has 2 amide bonds. The van der Waals surface area contributed by atoms with E-state index in [2.05, 4.69) is 10.6 Å². The van der Waals surface area contributed by atoms with E-state index >= 15 is 0 Å². The van der Waals surface area contributed by atoms with E-state index in [9.17, 15) is 27.6 Å². The molecule has 35 heavy (non-hydrogen) atoms. The molecule has 1 heterocycles. The first kappa shape index (κ1) is 23.5. The molecule has 0 bridgehead atoms. The van der Waals surface area contributed by atoms with Crippen LogP contribution in [0.1, 0.15) is 21.5 Å². The lowest BCUT2D eigenvalue weighted by Gasteiger charge is -2.10. The second kappa shape index (κ2) is 9.68. The van der Waals surface area contributed by atoms with E-state index in [4.69, 9.17) is 4.42 Å². The zero-order chi connectivity index (χ0) is 25.0. The number of fused-ring (bicyclic) bond motifs is 1. The van der Waals surface area contributed by atoms with E-state index in [1.807, 2.05) is 0 Å². The Hall–Kier alpha value is -4.66. The quantitative estimate of drug-likeness (QED) is 0.199. The monoisotopic (exact) mass is 478 g/mol. The number of anilines is 2. The predicted molar refractivity (Wildman–Crippen MR) is 126 cm³/mol. The van der Waals surface area contributed by atoms with E-state index in [0.29, 0.717) is 22.2 Å². The molecule has 0 saturated carbocycles. The minimum absolute atomic E-state index is 0.0850. The molecular formula is C26H17F3N2O4. The maximum Gasteiger partial charge on any atom is 0.416 e. The fraction of sp³-hybridized carbons (Fsp3) is 0.0385. The highest BCUT2D eigenvalue weighted by molar-refractivity contribution is 6.07. The van der Waals surface area contributed by atoms with Crippen LogP contribution in [0.2, 0.25) is 0 Å². The summed E-state index contributed by atoms with van der Waals surface area (Å²) in [5.74, 6) is -0.511. The number of amides is 2. The standard InChI is InChI=1S/C26H17F3N2O4/c27-26(28,29)18-8-12-20(13-9-18)31-25(34)30-19-10-5-16(6-11-19)7-14-22(32)21-15-17-3-1-2-4-23(17)35-24(21)33/h1-15H,(H2,30,31,34)/b14-7+. The topological polar surface area (TPSA) is 88.4 Å². The number of carbonyl (C=O) groups is 2. The molecule has 0 unspecified atom stereocenters. The average molecular weight is 478 g/mol.